The number of phenols is 1. The van der Waals surface area contributed by atoms with E-state index < -0.39 is 10.0 Å². The Hall–Kier alpha value is -1.47. The number of aromatic hydroxyl groups is 1. The van der Waals surface area contributed by atoms with Crippen LogP contribution in [0.4, 0.5) is 0 Å². The normalized spacial score (nSPS) is 17.6. The Kier molecular flexibility index (Phi) is 5.64. The molecule has 0 radical (unpaired) electrons. The Balaban J connectivity index is 1.96. The molecule has 1 saturated heterocycles. The molecule has 1 heterocycles. The molecule has 0 amide bonds. The van der Waals surface area contributed by atoms with Gasteiger partial charge >= 0.3 is 0 Å². The Morgan fingerprint density at radius 3 is 2.44 bits per heavy atom. The van der Waals surface area contributed by atoms with Crippen LogP contribution >= 0.6 is 23.2 Å². The highest BCUT2D eigenvalue weighted by Crippen LogP contribution is 2.39. The summed E-state index contributed by atoms with van der Waals surface area (Å²) in [6.07, 6.45) is 1.73. The second kappa shape index (κ2) is 7.51. The summed E-state index contributed by atoms with van der Waals surface area (Å²) >= 11 is 12.2. The molecule has 2 aromatic carbocycles. The quantitative estimate of drug-likeness (QED) is 0.715. The van der Waals surface area contributed by atoms with E-state index in [-0.39, 0.29) is 27.6 Å². The van der Waals surface area contributed by atoms with Crippen molar-refractivity contribution in [2.45, 2.75) is 31.6 Å². The van der Waals surface area contributed by atoms with Crippen LogP contribution in [0.1, 0.15) is 26.7 Å². The van der Waals surface area contributed by atoms with Gasteiger partial charge in [0.25, 0.3) is 0 Å². The van der Waals surface area contributed by atoms with Crippen molar-refractivity contribution < 1.29 is 18.3 Å². The predicted molar refractivity (Wildman–Crippen MR) is 106 cm³/mol. The number of hydrogen-bond donors (Lipinski definition) is 1. The molecule has 2 aromatic rings. The summed E-state index contributed by atoms with van der Waals surface area (Å²) in [7, 11) is -3.86. The molecule has 5 nitrogen and oxygen atoms in total. The molecule has 1 N–H and O–H groups in total. The van der Waals surface area contributed by atoms with Gasteiger partial charge in [-0.1, -0.05) is 43.1 Å². The van der Waals surface area contributed by atoms with Crippen LogP contribution in [0, 0.1) is 5.41 Å². The van der Waals surface area contributed by atoms with Gasteiger partial charge in [0.05, 0.1) is 10.0 Å². The molecular formula is C19H21Cl2NO4S. The summed E-state index contributed by atoms with van der Waals surface area (Å²) in [4.78, 5) is -0.194. The number of hydrogen-bond acceptors (Lipinski definition) is 4. The fourth-order valence-corrected chi connectivity index (χ4v) is 5.42. The van der Waals surface area contributed by atoms with E-state index in [1.165, 1.54) is 22.5 Å². The van der Waals surface area contributed by atoms with Crippen LogP contribution in [-0.4, -0.2) is 30.9 Å². The lowest BCUT2D eigenvalue weighted by Gasteiger charge is -2.37. The lowest BCUT2D eigenvalue weighted by molar-refractivity contribution is 0.186. The molecule has 3 rings (SSSR count). The highest BCUT2D eigenvalue weighted by atomic mass is 35.5. The highest BCUT2D eigenvalue weighted by molar-refractivity contribution is 7.89. The number of phenolic OH excluding ortho intramolecular Hbond substituents is 1. The predicted octanol–water partition coefficient (Wildman–Crippen LogP) is 5.30. The standard InChI is InChI=1S/C19H21Cl2NO4S/c1-19(2)9-4-10-22(12-19)27(24,25)17-11-13(7-8-16(17)23)26-18-14(20)5-3-6-15(18)21/h3,5-8,11,23H,4,9-10,12H2,1-2H3. The van der Waals surface area contributed by atoms with Crippen molar-refractivity contribution in [3.05, 3.63) is 46.4 Å². The molecule has 0 unspecified atom stereocenters. The molecule has 146 valence electrons. The molecule has 0 atom stereocenters. The van der Waals surface area contributed by atoms with Crippen molar-refractivity contribution in [3.8, 4) is 17.2 Å². The second-order valence-corrected chi connectivity index (χ2v) is 10.1. The van der Waals surface area contributed by atoms with Gasteiger partial charge in [0, 0.05) is 19.2 Å². The van der Waals surface area contributed by atoms with Gasteiger partial charge in [-0.2, -0.15) is 4.31 Å². The molecule has 0 aliphatic carbocycles. The first-order valence-electron chi connectivity index (χ1n) is 8.55. The third-order valence-corrected chi connectivity index (χ3v) is 7.02. The van der Waals surface area contributed by atoms with E-state index in [1.807, 2.05) is 13.8 Å². The Bertz CT molecular complexity index is 940. The van der Waals surface area contributed by atoms with Gasteiger partial charge in [0.15, 0.2) is 5.75 Å². The number of nitrogens with zero attached hydrogens (tertiary/aromatic N) is 1. The van der Waals surface area contributed by atoms with Crippen LogP contribution in [-0.2, 0) is 10.0 Å². The van der Waals surface area contributed by atoms with Crippen molar-refractivity contribution >= 4 is 33.2 Å². The molecule has 1 fully saturated rings. The lowest BCUT2D eigenvalue weighted by atomic mass is 9.85. The first-order valence-corrected chi connectivity index (χ1v) is 10.7. The van der Waals surface area contributed by atoms with Crippen molar-refractivity contribution in [1.82, 2.24) is 4.31 Å². The number of rotatable bonds is 4. The molecule has 0 bridgehead atoms. The zero-order valence-corrected chi connectivity index (χ0v) is 17.4. The number of halogens is 2. The number of para-hydroxylation sites is 1. The summed E-state index contributed by atoms with van der Waals surface area (Å²) < 4.78 is 33.3. The smallest absolute Gasteiger partial charge is 0.246 e. The Morgan fingerprint density at radius 2 is 1.81 bits per heavy atom. The van der Waals surface area contributed by atoms with Crippen LogP contribution in [0.3, 0.4) is 0 Å². The fourth-order valence-electron chi connectivity index (χ4n) is 3.18. The fraction of sp³-hybridized carbons (Fsp3) is 0.368. The monoisotopic (exact) mass is 429 g/mol. The Labute approximate surface area is 169 Å². The Morgan fingerprint density at radius 1 is 1.15 bits per heavy atom. The zero-order valence-electron chi connectivity index (χ0n) is 15.1. The lowest BCUT2D eigenvalue weighted by Crippen LogP contribution is -2.43. The van der Waals surface area contributed by atoms with E-state index in [1.54, 1.807) is 18.2 Å². The minimum Gasteiger partial charge on any atom is -0.507 e. The molecule has 1 aliphatic heterocycles. The minimum atomic E-state index is -3.86. The van der Waals surface area contributed by atoms with E-state index in [0.29, 0.717) is 23.1 Å². The van der Waals surface area contributed by atoms with Gasteiger partial charge in [-0.05, 0) is 42.5 Å². The topological polar surface area (TPSA) is 66.8 Å². The van der Waals surface area contributed by atoms with Gasteiger partial charge in [0.2, 0.25) is 10.0 Å². The molecule has 0 saturated carbocycles. The van der Waals surface area contributed by atoms with Crippen molar-refractivity contribution in [2.75, 3.05) is 13.1 Å². The van der Waals surface area contributed by atoms with E-state index in [0.717, 1.165) is 12.8 Å². The molecule has 0 aromatic heterocycles. The molecular weight excluding hydrogens is 409 g/mol. The van der Waals surface area contributed by atoms with Crippen LogP contribution in [0.5, 0.6) is 17.2 Å². The van der Waals surface area contributed by atoms with Gasteiger partial charge in [-0.25, -0.2) is 8.42 Å². The van der Waals surface area contributed by atoms with E-state index >= 15 is 0 Å². The summed E-state index contributed by atoms with van der Waals surface area (Å²) in [5, 5.41) is 10.8. The van der Waals surface area contributed by atoms with Crippen molar-refractivity contribution in [2.24, 2.45) is 5.41 Å². The largest absolute Gasteiger partial charge is 0.507 e. The number of piperidine rings is 1. The van der Waals surface area contributed by atoms with Crippen molar-refractivity contribution in [1.29, 1.82) is 0 Å². The van der Waals surface area contributed by atoms with Gasteiger partial charge in [-0.15, -0.1) is 0 Å². The van der Waals surface area contributed by atoms with Crippen LogP contribution < -0.4 is 4.74 Å². The molecule has 1 aliphatic rings. The van der Waals surface area contributed by atoms with E-state index in [2.05, 4.69) is 0 Å². The summed E-state index contributed by atoms with van der Waals surface area (Å²) in [6.45, 7) is 4.89. The zero-order chi connectivity index (χ0) is 19.8. The third kappa shape index (κ3) is 4.35. The van der Waals surface area contributed by atoms with Crippen LogP contribution in [0.25, 0.3) is 0 Å². The number of sulfonamides is 1. The van der Waals surface area contributed by atoms with E-state index in [9.17, 15) is 13.5 Å². The average molecular weight is 430 g/mol. The summed E-state index contributed by atoms with van der Waals surface area (Å²) in [5.74, 6) is 0.127. The first-order chi connectivity index (χ1) is 12.6. The van der Waals surface area contributed by atoms with Crippen LogP contribution in [0.2, 0.25) is 10.0 Å². The molecule has 8 heteroatoms. The van der Waals surface area contributed by atoms with Gasteiger partial charge in [0.1, 0.15) is 16.4 Å². The molecule has 0 spiro atoms. The number of ether oxygens (including phenoxy) is 1. The van der Waals surface area contributed by atoms with Crippen LogP contribution in [0.15, 0.2) is 41.3 Å². The highest BCUT2D eigenvalue weighted by Gasteiger charge is 2.35. The SMILES string of the molecule is CC1(C)CCCN(S(=O)(=O)c2cc(Oc3c(Cl)cccc3Cl)ccc2O)C1. The maximum Gasteiger partial charge on any atom is 0.246 e. The van der Waals surface area contributed by atoms with Crippen molar-refractivity contribution in [3.63, 3.8) is 0 Å². The average Bonchev–Trinajstić information content (AvgIpc) is 2.58. The minimum absolute atomic E-state index is 0.111. The summed E-state index contributed by atoms with van der Waals surface area (Å²) in [6, 6.07) is 8.98. The summed E-state index contributed by atoms with van der Waals surface area (Å²) in [5.41, 5.74) is -0.111. The maximum atomic E-state index is 13.1. The van der Waals surface area contributed by atoms with Gasteiger partial charge in [-0.3, -0.25) is 0 Å². The first kappa shape index (κ1) is 20.3. The third-order valence-electron chi connectivity index (χ3n) is 4.55. The molecule has 27 heavy (non-hydrogen) atoms. The maximum absolute atomic E-state index is 13.1. The second-order valence-electron chi connectivity index (χ2n) is 7.39. The van der Waals surface area contributed by atoms with E-state index in [4.69, 9.17) is 27.9 Å². The number of benzene rings is 2. The van der Waals surface area contributed by atoms with Gasteiger partial charge < -0.3 is 9.84 Å².